The standard InChI is InChI=1S/C24H26FNO4/c1-4-5-20(22-21(27)14-24(2,3)30-23(22)28)26-29-15-16-6-8-17(9-7-16)18-10-12-19(25)13-11-18/h6-14,22,27H,4-5,15H2,1-3H3. The van der Waals surface area contributed by atoms with Crippen LogP contribution in [0.4, 0.5) is 4.39 Å². The van der Waals surface area contributed by atoms with Crippen LogP contribution in [0.3, 0.4) is 0 Å². The van der Waals surface area contributed by atoms with E-state index in [1.807, 2.05) is 31.2 Å². The van der Waals surface area contributed by atoms with Crippen molar-refractivity contribution >= 4 is 11.7 Å². The quantitative estimate of drug-likeness (QED) is 0.368. The number of hydrogen-bond acceptors (Lipinski definition) is 5. The van der Waals surface area contributed by atoms with Crippen molar-refractivity contribution in [3.8, 4) is 11.1 Å². The number of esters is 1. The molecule has 0 radical (unpaired) electrons. The van der Waals surface area contributed by atoms with Crippen molar-refractivity contribution in [1.82, 2.24) is 0 Å². The Labute approximate surface area is 175 Å². The number of ether oxygens (including phenoxy) is 1. The monoisotopic (exact) mass is 411 g/mol. The molecular formula is C24H26FNO4. The average molecular weight is 411 g/mol. The maximum absolute atomic E-state index is 13.1. The van der Waals surface area contributed by atoms with E-state index in [4.69, 9.17) is 9.57 Å². The van der Waals surface area contributed by atoms with Gasteiger partial charge in [-0.05, 0) is 55.2 Å². The van der Waals surface area contributed by atoms with Gasteiger partial charge in [0.2, 0.25) is 0 Å². The zero-order valence-corrected chi connectivity index (χ0v) is 17.4. The lowest BCUT2D eigenvalue weighted by Gasteiger charge is -2.30. The highest BCUT2D eigenvalue weighted by atomic mass is 19.1. The number of benzene rings is 2. The Bertz CT molecular complexity index is 946. The second-order valence-corrected chi connectivity index (χ2v) is 7.84. The third kappa shape index (κ3) is 5.26. The minimum Gasteiger partial charge on any atom is -0.511 e. The normalized spacial score (nSPS) is 18.5. The molecule has 0 aromatic heterocycles. The van der Waals surface area contributed by atoms with Crippen LogP contribution >= 0.6 is 0 Å². The van der Waals surface area contributed by atoms with Gasteiger partial charge in [-0.1, -0.05) is 54.9 Å². The molecule has 2 aromatic rings. The van der Waals surface area contributed by atoms with Gasteiger partial charge in [0.15, 0.2) is 5.92 Å². The fourth-order valence-electron chi connectivity index (χ4n) is 3.34. The second-order valence-electron chi connectivity index (χ2n) is 7.84. The minimum absolute atomic E-state index is 0.0595. The Morgan fingerprint density at radius 1 is 1.13 bits per heavy atom. The predicted molar refractivity (Wildman–Crippen MR) is 113 cm³/mol. The Kier molecular flexibility index (Phi) is 6.55. The maximum atomic E-state index is 13.1. The van der Waals surface area contributed by atoms with Gasteiger partial charge >= 0.3 is 5.97 Å². The van der Waals surface area contributed by atoms with Gasteiger partial charge in [0.25, 0.3) is 0 Å². The first-order valence-electron chi connectivity index (χ1n) is 9.97. The van der Waals surface area contributed by atoms with Crippen LogP contribution in [0.15, 0.2) is 65.5 Å². The SMILES string of the molecule is CCCC(=NOCc1ccc(-c2ccc(F)cc2)cc1)C1C(=O)OC(C)(C)C=C1O. The summed E-state index contributed by atoms with van der Waals surface area (Å²) < 4.78 is 18.4. The summed E-state index contributed by atoms with van der Waals surface area (Å²) in [6, 6.07) is 14.0. The summed E-state index contributed by atoms with van der Waals surface area (Å²) in [6.45, 7) is 5.59. The zero-order valence-electron chi connectivity index (χ0n) is 17.4. The number of nitrogens with zero attached hydrogens (tertiary/aromatic N) is 1. The molecule has 1 aliphatic heterocycles. The summed E-state index contributed by atoms with van der Waals surface area (Å²) in [5, 5.41) is 14.5. The molecule has 0 amide bonds. The fourth-order valence-corrected chi connectivity index (χ4v) is 3.34. The van der Waals surface area contributed by atoms with Crippen LogP contribution in [-0.4, -0.2) is 22.4 Å². The number of rotatable bonds is 7. The Balaban J connectivity index is 1.69. The van der Waals surface area contributed by atoms with Crippen molar-refractivity contribution in [1.29, 1.82) is 0 Å². The third-order valence-electron chi connectivity index (χ3n) is 4.77. The summed E-state index contributed by atoms with van der Waals surface area (Å²) in [5.74, 6) is -1.79. The van der Waals surface area contributed by atoms with E-state index in [2.05, 4.69) is 5.16 Å². The van der Waals surface area contributed by atoms with E-state index >= 15 is 0 Å². The number of cyclic esters (lactones) is 1. The molecule has 0 fully saturated rings. The molecule has 0 saturated carbocycles. The number of aliphatic hydroxyl groups is 1. The van der Waals surface area contributed by atoms with Crippen LogP contribution in [0.25, 0.3) is 11.1 Å². The van der Waals surface area contributed by atoms with Crippen LogP contribution in [0.2, 0.25) is 0 Å². The fraction of sp³-hybridized carbons (Fsp3) is 0.333. The molecule has 0 bridgehead atoms. The van der Waals surface area contributed by atoms with Crippen LogP contribution < -0.4 is 0 Å². The van der Waals surface area contributed by atoms with Crippen LogP contribution in [-0.2, 0) is 21.0 Å². The van der Waals surface area contributed by atoms with Crippen molar-refractivity contribution < 1.29 is 23.9 Å². The molecule has 0 aliphatic carbocycles. The molecule has 2 aromatic carbocycles. The van der Waals surface area contributed by atoms with Crippen molar-refractivity contribution in [2.24, 2.45) is 11.1 Å². The number of carbonyl (C=O) groups excluding carboxylic acids is 1. The molecule has 3 rings (SSSR count). The maximum Gasteiger partial charge on any atom is 0.323 e. The summed E-state index contributed by atoms with van der Waals surface area (Å²) in [6.07, 6.45) is 2.77. The van der Waals surface area contributed by atoms with Gasteiger partial charge in [-0.3, -0.25) is 4.79 Å². The molecule has 1 heterocycles. The van der Waals surface area contributed by atoms with E-state index in [1.54, 1.807) is 26.0 Å². The van der Waals surface area contributed by atoms with Gasteiger partial charge < -0.3 is 14.7 Å². The zero-order chi connectivity index (χ0) is 21.7. The van der Waals surface area contributed by atoms with E-state index in [-0.39, 0.29) is 18.2 Å². The Hall–Kier alpha value is -3.15. The molecule has 6 heteroatoms. The molecule has 5 nitrogen and oxygen atoms in total. The molecule has 1 aliphatic rings. The Morgan fingerprint density at radius 2 is 1.73 bits per heavy atom. The molecular weight excluding hydrogens is 385 g/mol. The molecule has 158 valence electrons. The van der Waals surface area contributed by atoms with Crippen molar-refractivity contribution in [3.63, 3.8) is 0 Å². The highest BCUT2D eigenvalue weighted by Crippen LogP contribution is 2.28. The lowest BCUT2D eigenvalue weighted by Crippen LogP contribution is -2.40. The van der Waals surface area contributed by atoms with Gasteiger partial charge in [0.05, 0.1) is 5.71 Å². The van der Waals surface area contributed by atoms with E-state index in [0.717, 1.165) is 23.1 Å². The molecule has 30 heavy (non-hydrogen) atoms. The van der Waals surface area contributed by atoms with E-state index in [9.17, 15) is 14.3 Å². The van der Waals surface area contributed by atoms with Crippen molar-refractivity contribution in [3.05, 3.63) is 71.7 Å². The van der Waals surface area contributed by atoms with E-state index in [0.29, 0.717) is 12.1 Å². The molecule has 1 atom stereocenters. The number of aliphatic hydroxyl groups excluding tert-OH is 1. The smallest absolute Gasteiger partial charge is 0.323 e. The predicted octanol–water partition coefficient (Wildman–Crippen LogP) is 5.56. The first-order valence-corrected chi connectivity index (χ1v) is 9.97. The number of carbonyl (C=O) groups is 1. The number of oxime groups is 1. The van der Waals surface area contributed by atoms with Crippen LogP contribution in [0.1, 0.15) is 39.2 Å². The summed E-state index contributed by atoms with van der Waals surface area (Å²) in [7, 11) is 0. The second kappa shape index (κ2) is 9.11. The lowest BCUT2D eigenvalue weighted by atomic mass is 9.91. The summed E-state index contributed by atoms with van der Waals surface area (Å²) >= 11 is 0. The Morgan fingerprint density at radius 3 is 2.30 bits per heavy atom. The van der Waals surface area contributed by atoms with E-state index in [1.165, 1.54) is 18.2 Å². The highest BCUT2D eigenvalue weighted by molar-refractivity contribution is 6.05. The number of hydrogen-bond donors (Lipinski definition) is 1. The molecule has 0 saturated heterocycles. The van der Waals surface area contributed by atoms with Gasteiger partial charge in [-0.15, -0.1) is 0 Å². The van der Waals surface area contributed by atoms with E-state index < -0.39 is 17.5 Å². The first-order chi connectivity index (χ1) is 14.3. The number of halogens is 1. The third-order valence-corrected chi connectivity index (χ3v) is 4.77. The van der Waals surface area contributed by atoms with Gasteiger partial charge in [0.1, 0.15) is 23.8 Å². The van der Waals surface area contributed by atoms with Crippen LogP contribution in [0, 0.1) is 11.7 Å². The van der Waals surface area contributed by atoms with Gasteiger partial charge in [0, 0.05) is 0 Å². The topological polar surface area (TPSA) is 68.1 Å². The van der Waals surface area contributed by atoms with Gasteiger partial charge in [-0.25, -0.2) is 4.39 Å². The van der Waals surface area contributed by atoms with Crippen LogP contribution in [0.5, 0.6) is 0 Å². The van der Waals surface area contributed by atoms with Crippen molar-refractivity contribution in [2.45, 2.75) is 45.8 Å². The largest absolute Gasteiger partial charge is 0.511 e. The van der Waals surface area contributed by atoms with Gasteiger partial charge in [-0.2, -0.15) is 0 Å². The first kappa shape index (κ1) is 21.6. The minimum atomic E-state index is -0.932. The molecule has 1 N–H and O–H groups in total. The lowest BCUT2D eigenvalue weighted by molar-refractivity contribution is -0.157. The van der Waals surface area contributed by atoms with Crippen molar-refractivity contribution in [2.75, 3.05) is 0 Å². The summed E-state index contributed by atoms with van der Waals surface area (Å²) in [4.78, 5) is 17.9. The summed E-state index contributed by atoms with van der Waals surface area (Å²) in [5.41, 5.74) is 2.38. The molecule has 0 spiro atoms. The molecule has 1 unspecified atom stereocenters. The average Bonchev–Trinajstić information content (AvgIpc) is 2.68. The highest BCUT2D eigenvalue weighted by Gasteiger charge is 2.39.